The Morgan fingerprint density at radius 2 is 1.74 bits per heavy atom. The van der Waals surface area contributed by atoms with Crippen LogP contribution in [0, 0.1) is 5.41 Å². The summed E-state index contributed by atoms with van der Waals surface area (Å²) in [5.41, 5.74) is -0.715. The molecule has 13 heteroatoms. The number of nitrogens with zero attached hydrogens (tertiary/aromatic N) is 7. The van der Waals surface area contributed by atoms with E-state index < -0.39 is 24.7 Å². The van der Waals surface area contributed by atoms with E-state index in [1.807, 2.05) is 4.90 Å². The van der Waals surface area contributed by atoms with Gasteiger partial charge in [-0.05, 0) is 36.8 Å². The van der Waals surface area contributed by atoms with Crippen molar-refractivity contribution < 1.29 is 26.7 Å². The number of pyridine rings is 1. The van der Waals surface area contributed by atoms with Crippen LogP contribution in [0.25, 0.3) is 11.0 Å². The van der Waals surface area contributed by atoms with Crippen molar-refractivity contribution in [2.24, 2.45) is 5.41 Å². The number of aromatic nitrogens is 5. The number of carbonyl (C=O) groups excluding carboxylic acids is 1. The second-order valence-electron chi connectivity index (χ2n) is 9.03. The smallest absolute Gasteiger partial charge is 0.341 e. The summed E-state index contributed by atoms with van der Waals surface area (Å²) in [6, 6.07) is 2.16. The molecule has 2 saturated heterocycles. The van der Waals surface area contributed by atoms with E-state index in [0.29, 0.717) is 55.9 Å². The number of rotatable bonds is 4. The van der Waals surface area contributed by atoms with Crippen molar-refractivity contribution in [3.63, 3.8) is 0 Å². The Bertz CT molecular complexity index is 1220. The summed E-state index contributed by atoms with van der Waals surface area (Å²) in [6.45, 7) is 1.03. The zero-order valence-electron chi connectivity index (χ0n) is 18.5. The largest absolute Gasteiger partial charge is 0.417 e. The predicted octanol–water partition coefficient (Wildman–Crippen LogP) is 3.92. The van der Waals surface area contributed by atoms with Gasteiger partial charge < -0.3 is 4.90 Å². The predicted molar refractivity (Wildman–Crippen MR) is 116 cm³/mol. The summed E-state index contributed by atoms with van der Waals surface area (Å²) in [6.07, 6.45) is -0.848. The highest BCUT2D eigenvalue weighted by molar-refractivity contribution is 5.93. The molecule has 0 aliphatic carbocycles. The van der Waals surface area contributed by atoms with Gasteiger partial charge in [-0.1, -0.05) is 0 Å². The molecule has 35 heavy (non-hydrogen) atoms. The van der Waals surface area contributed by atoms with Crippen LogP contribution in [-0.2, 0) is 17.5 Å². The molecule has 5 rings (SSSR count). The summed E-state index contributed by atoms with van der Waals surface area (Å²) in [7, 11) is 0. The average Bonchev–Trinajstić information content (AvgIpc) is 3.20. The van der Waals surface area contributed by atoms with Crippen LogP contribution in [0.1, 0.15) is 31.2 Å². The van der Waals surface area contributed by atoms with Gasteiger partial charge in [0.15, 0.2) is 5.65 Å². The molecule has 0 unspecified atom stereocenters. The van der Waals surface area contributed by atoms with Gasteiger partial charge in [0, 0.05) is 38.4 Å². The van der Waals surface area contributed by atoms with Gasteiger partial charge in [0.2, 0.25) is 11.9 Å². The van der Waals surface area contributed by atoms with E-state index in [4.69, 9.17) is 0 Å². The minimum absolute atomic E-state index is 0.162. The SMILES string of the molecule is O=C1CC2(CCN(c3ncc4cnn(CC(F)F)c4n3)CC2)CCN1c1ccc(C(F)(F)F)cn1. The molecule has 0 atom stereocenters. The van der Waals surface area contributed by atoms with Gasteiger partial charge in [0.25, 0.3) is 6.43 Å². The molecule has 0 saturated carbocycles. The molecular weight excluding hydrogens is 473 g/mol. The standard InChI is InChI=1S/C22H22F5N7O/c23-16(24)13-34-19-14(11-30-34)10-29-20(31-19)32-6-3-21(4-7-32)5-8-33(18(35)9-21)17-2-1-15(12-28-17)22(25,26)27/h1-2,10-12,16H,3-9,13H2. The lowest BCUT2D eigenvalue weighted by atomic mass is 9.71. The Kier molecular flexibility index (Phi) is 5.80. The Labute approximate surface area is 196 Å². The van der Waals surface area contributed by atoms with Crippen molar-refractivity contribution in [3.8, 4) is 0 Å². The molecule has 2 aliphatic heterocycles. The van der Waals surface area contributed by atoms with Gasteiger partial charge in [-0.2, -0.15) is 23.3 Å². The van der Waals surface area contributed by atoms with Crippen molar-refractivity contribution in [2.75, 3.05) is 29.4 Å². The van der Waals surface area contributed by atoms with E-state index in [1.165, 1.54) is 21.8 Å². The fourth-order valence-electron chi connectivity index (χ4n) is 4.82. The van der Waals surface area contributed by atoms with Gasteiger partial charge in [0.05, 0.1) is 17.1 Å². The fraction of sp³-hybridized carbons (Fsp3) is 0.500. The minimum atomic E-state index is -4.48. The zero-order chi connectivity index (χ0) is 24.8. The van der Waals surface area contributed by atoms with E-state index in [-0.39, 0.29) is 23.6 Å². The first-order valence-corrected chi connectivity index (χ1v) is 11.2. The molecule has 1 spiro atoms. The monoisotopic (exact) mass is 495 g/mol. The molecule has 5 heterocycles. The number of piperidine rings is 2. The first kappa shape index (κ1) is 23.4. The van der Waals surface area contributed by atoms with Crippen LogP contribution in [0.3, 0.4) is 0 Å². The van der Waals surface area contributed by atoms with E-state index >= 15 is 0 Å². The number of amides is 1. The molecule has 2 aliphatic rings. The summed E-state index contributed by atoms with van der Waals surface area (Å²) >= 11 is 0. The number of anilines is 2. The first-order valence-electron chi connectivity index (χ1n) is 11.2. The van der Waals surface area contributed by atoms with Crippen LogP contribution >= 0.6 is 0 Å². The van der Waals surface area contributed by atoms with Gasteiger partial charge in [0.1, 0.15) is 12.4 Å². The third-order valence-corrected chi connectivity index (χ3v) is 6.83. The van der Waals surface area contributed by atoms with Gasteiger partial charge in [-0.15, -0.1) is 0 Å². The van der Waals surface area contributed by atoms with Crippen molar-refractivity contribution in [2.45, 2.75) is 44.8 Å². The van der Waals surface area contributed by atoms with Gasteiger partial charge in [-0.3, -0.25) is 9.69 Å². The third kappa shape index (κ3) is 4.63. The number of halogens is 5. The van der Waals surface area contributed by atoms with Crippen molar-refractivity contribution in [1.29, 1.82) is 0 Å². The van der Waals surface area contributed by atoms with Crippen LogP contribution in [-0.4, -0.2) is 56.7 Å². The van der Waals surface area contributed by atoms with E-state index in [1.54, 1.807) is 6.20 Å². The highest BCUT2D eigenvalue weighted by atomic mass is 19.4. The molecule has 0 N–H and O–H groups in total. The number of hydrogen-bond acceptors (Lipinski definition) is 6. The maximum Gasteiger partial charge on any atom is 0.417 e. The molecule has 3 aromatic heterocycles. The quantitative estimate of drug-likeness (QED) is 0.511. The average molecular weight is 495 g/mol. The van der Waals surface area contributed by atoms with E-state index in [9.17, 15) is 26.7 Å². The topological polar surface area (TPSA) is 80.0 Å². The van der Waals surface area contributed by atoms with Gasteiger partial charge in [-0.25, -0.2) is 23.4 Å². The van der Waals surface area contributed by atoms with Crippen molar-refractivity contribution in [3.05, 3.63) is 36.3 Å². The molecule has 2 fully saturated rings. The second kappa shape index (κ2) is 8.68. The third-order valence-electron chi connectivity index (χ3n) is 6.83. The van der Waals surface area contributed by atoms with Crippen LogP contribution < -0.4 is 9.80 Å². The normalized spacial score (nSPS) is 18.7. The molecule has 8 nitrogen and oxygen atoms in total. The van der Waals surface area contributed by atoms with E-state index in [2.05, 4.69) is 20.1 Å². The minimum Gasteiger partial charge on any atom is -0.341 e. The Balaban J connectivity index is 1.24. The lowest BCUT2D eigenvalue weighted by molar-refractivity contribution is -0.137. The molecule has 3 aromatic rings. The first-order chi connectivity index (χ1) is 16.6. The van der Waals surface area contributed by atoms with Crippen LogP contribution in [0.5, 0.6) is 0 Å². The highest BCUT2D eigenvalue weighted by Gasteiger charge is 2.42. The van der Waals surface area contributed by atoms with Crippen LogP contribution in [0.2, 0.25) is 0 Å². The zero-order valence-corrected chi connectivity index (χ0v) is 18.5. The molecule has 0 aromatic carbocycles. The summed E-state index contributed by atoms with van der Waals surface area (Å²) in [4.78, 5) is 29.0. The Morgan fingerprint density at radius 3 is 2.37 bits per heavy atom. The summed E-state index contributed by atoms with van der Waals surface area (Å²) < 4.78 is 65.2. The summed E-state index contributed by atoms with van der Waals surface area (Å²) in [5, 5.41) is 4.54. The lowest BCUT2D eigenvalue weighted by Crippen LogP contribution is -2.49. The fourth-order valence-corrected chi connectivity index (χ4v) is 4.82. The van der Waals surface area contributed by atoms with E-state index in [0.717, 1.165) is 12.3 Å². The number of carbonyl (C=O) groups is 1. The molecule has 0 bridgehead atoms. The number of hydrogen-bond donors (Lipinski definition) is 0. The highest BCUT2D eigenvalue weighted by Crippen LogP contribution is 2.43. The summed E-state index contributed by atoms with van der Waals surface area (Å²) in [5.74, 6) is 0.490. The van der Waals surface area contributed by atoms with Crippen LogP contribution in [0.15, 0.2) is 30.7 Å². The van der Waals surface area contributed by atoms with Crippen molar-refractivity contribution in [1.82, 2.24) is 24.7 Å². The maximum atomic E-state index is 12.9. The molecule has 1 amide bonds. The lowest BCUT2D eigenvalue weighted by Gasteiger charge is -2.46. The number of alkyl halides is 5. The van der Waals surface area contributed by atoms with Gasteiger partial charge >= 0.3 is 6.18 Å². The Morgan fingerprint density at radius 1 is 1.00 bits per heavy atom. The molecule has 186 valence electrons. The number of fused-ring (bicyclic) bond motifs is 1. The van der Waals surface area contributed by atoms with Crippen molar-refractivity contribution >= 4 is 28.7 Å². The molecular formula is C22H22F5N7O. The van der Waals surface area contributed by atoms with Crippen LogP contribution in [0.4, 0.5) is 33.7 Å². The molecule has 0 radical (unpaired) electrons. The maximum absolute atomic E-state index is 12.9. The Hall–Kier alpha value is -3.38. The second-order valence-corrected chi connectivity index (χ2v) is 9.03.